The lowest BCUT2D eigenvalue weighted by Crippen LogP contribution is -2.50. The number of benzene rings is 1. The maximum absolute atomic E-state index is 13.2. The Morgan fingerprint density at radius 2 is 1.92 bits per heavy atom. The number of nitrogens with zero attached hydrogens (tertiary/aromatic N) is 2. The molecule has 0 bridgehead atoms. The summed E-state index contributed by atoms with van der Waals surface area (Å²) >= 11 is 1.85. The van der Waals surface area contributed by atoms with Crippen LogP contribution >= 0.6 is 11.8 Å². The normalized spacial score (nSPS) is 24.0. The van der Waals surface area contributed by atoms with Gasteiger partial charge in [0.25, 0.3) is 0 Å². The molecule has 0 amide bonds. The number of thioether (sulfide) groups is 1. The van der Waals surface area contributed by atoms with E-state index in [2.05, 4.69) is 4.90 Å². The molecule has 0 aliphatic carbocycles. The van der Waals surface area contributed by atoms with Crippen LogP contribution in [0.3, 0.4) is 0 Å². The van der Waals surface area contributed by atoms with Crippen molar-refractivity contribution in [3.8, 4) is 5.75 Å². The van der Waals surface area contributed by atoms with Gasteiger partial charge in [-0.2, -0.15) is 16.1 Å². The zero-order valence-corrected chi connectivity index (χ0v) is 16.2. The van der Waals surface area contributed by atoms with Crippen molar-refractivity contribution in [2.45, 2.75) is 17.4 Å². The van der Waals surface area contributed by atoms with Gasteiger partial charge in [0.1, 0.15) is 5.75 Å². The minimum Gasteiger partial charge on any atom is -0.497 e. The Hall–Kier alpha value is -0.800. The van der Waals surface area contributed by atoms with Gasteiger partial charge in [-0.15, -0.1) is 0 Å². The topological polar surface area (TPSA) is 59.1 Å². The zero-order valence-electron chi connectivity index (χ0n) is 14.6. The van der Waals surface area contributed by atoms with Crippen molar-refractivity contribution in [3.63, 3.8) is 0 Å². The molecule has 0 N–H and O–H groups in total. The molecule has 1 aromatic rings. The summed E-state index contributed by atoms with van der Waals surface area (Å²) in [6, 6.07) is 6.68. The van der Waals surface area contributed by atoms with Gasteiger partial charge >= 0.3 is 0 Å². The summed E-state index contributed by atoms with van der Waals surface area (Å²) in [6.07, 6.45) is 0.889. The molecule has 1 atom stereocenters. The molecule has 6 nitrogen and oxygen atoms in total. The average Bonchev–Trinajstić information content (AvgIpc) is 2.88. The van der Waals surface area contributed by atoms with Gasteiger partial charge in [0.05, 0.1) is 25.2 Å². The molecular weight excluding hydrogens is 360 g/mol. The second-order valence-corrected chi connectivity index (χ2v) is 9.33. The first-order valence-corrected chi connectivity index (χ1v) is 11.2. The molecular formula is C17H26N2O4S2. The van der Waals surface area contributed by atoms with Gasteiger partial charge in [0, 0.05) is 38.0 Å². The lowest BCUT2D eigenvalue weighted by Gasteiger charge is -2.35. The largest absolute Gasteiger partial charge is 0.497 e. The van der Waals surface area contributed by atoms with Crippen LogP contribution in [-0.4, -0.2) is 81.7 Å². The lowest BCUT2D eigenvalue weighted by molar-refractivity contribution is 0.0309. The standard InChI is InChI=1S/C17H26N2O4S2/c1-22-16-3-5-17(6-4-16)25(20,21)19-7-2-12-24-14-15(19)13-18-8-10-23-11-9-18/h3-6,15H,2,7-14H2,1H3/t15-/m0/s1. The highest BCUT2D eigenvalue weighted by atomic mass is 32.2. The van der Waals surface area contributed by atoms with Crippen molar-refractivity contribution in [3.05, 3.63) is 24.3 Å². The fourth-order valence-corrected chi connectivity index (χ4v) is 6.04. The second-order valence-electron chi connectivity index (χ2n) is 6.29. The second kappa shape index (κ2) is 8.73. The number of methoxy groups -OCH3 is 1. The number of sulfonamides is 1. The fraction of sp³-hybridized carbons (Fsp3) is 0.647. The molecule has 1 aromatic carbocycles. The maximum Gasteiger partial charge on any atom is 0.243 e. The van der Waals surface area contributed by atoms with Crippen molar-refractivity contribution < 1.29 is 17.9 Å². The van der Waals surface area contributed by atoms with Gasteiger partial charge in [-0.25, -0.2) is 8.42 Å². The Balaban J connectivity index is 1.80. The van der Waals surface area contributed by atoms with E-state index in [9.17, 15) is 8.42 Å². The Labute approximate surface area is 154 Å². The Morgan fingerprint density at radius 3 is 2.60 bits per heavy atom. The van der Waals surface area contributed by atoms with E-state index in [-0.39, 0.29) is 6.04 Å². The highest BCUT2D eigenvalue weighted by molar-refractivity contribution is 7.99. The Kier molecular flexibility index (Phi) is 6.62. The van der Waals surface area contributed by atoms with Gasteiger partial charge in [0.15, 0.2) is 0 Å². The predicted molar refractivity (Wildman–Crippen MR) is 99.9 cm³/mol. The molecule has 2 aliphatic heterocycles. The van der Waals surface area contributed by atoms with E-state index in [4.69, 9.17) is 9.47 Å². The molecule has 8 heteroatoms. The zero-order chi connectivity index (χ0) is 17.7. The summed E-state index contributed by atoms with van der Waals surface area (Å²) in [4.78, 5) is 2.66. The van der Waals surface area contributed by atoms with Gasteiger partial charge in [-0.1, -0.05) is 0 Å². The summed E-state index contributed by atoms with van der Waals surface area (Å²) in [5.41, 5.74) is 0. The molecule has 0 unspecified atom stereocenters. The van der Waals surface area contributed by atoms with Crippen LogP contribution in [0.1, 0.15) is 6.42 Å². The van der Waals surface area contributed by atoms with Crippen molar-refractivity contribution >= 4 is 21.8 Å². The van der Waals surface area contributed by atoms with Crippen LogP contribution in [0.4, 0.5) is 0 Å². The molecule has 2 fully saturated rings. The van der Waals surface area contributed by atoms with E-state index in [1.807, 2.05) is 11.8 Å². The molecule has 2 aliphatic rings. The van der Waals surface area contributed by atoms with Crippen LogP contribution < -0.4 is 4.74 Å². The molecule has 140 valence electrons. The van der Waals surface area contributed by atoms with Gasteiger partial charge in [-0.05, 0) is 36.4 Å². The Bertz CT molecular complexity index is 645. The van der Waals surface area contributed by atoms with E-state index in [0.717, 1.165) is 50.8 Å². The van der Waals surface area contributed by atoms with Crippen LogP contribution in [0.5, 0.6) is 5.75 Å². The average molecular weight is 387 g/mol. The third-order valence-electron chi connectivity index (χ3n) is 4.62. The fourth-order valence-electron chi connectivity index (χ4n) is 3.23. The van der Waals surface area contributed by atoms with Crippen molar-refractivity contribution in [1.82, 2.24) is 9.21 Å². The number of hydrogen-bond acceptors (Lipinski definition) is 6. The molecule has 0 aromatic heterocycles. The van der Waals surface area contributed by atoms with E-state index in [0.29, 0.717) is 17.2 Å². The number of rotatable bonds is 5. The van der Waals surface area contributed by atoms with E-state index in [1.54, 1.807) is 35.7 Å². The first kappa shape index (κ1) is 19.0. The molecule has 25 heavy (non-hydrogen) atoms. The number of morpholine rings is 1. The highest BCUT2D eigenvalue weighted by Crippen LogP contribution is 2.26. The van der Waals surface area contributed by atoms with Crippen molar-refractivity contribution in [2.24, 2.45) is 0 Å². The monoisotopic (exact) mass is 386 g/mol. The smallest absolute Gasteiger partial charge is 0.243 e. The maximum atomic E-state index is 13.2. The molecule has 2 heterocycles. The van der Waals surface area contributed by atoms with E-state index < -0.39 is 10.0 Å². The molecule has 0 spiro atoms. The SMILES string of the molecule is COc1ccc(S(=O)(=O)N2CCCSC[C@@H]2CN2CCOCC2)cc1. The van der Waals surface area contributed by atoms with Crippen LogP contribution in [-0.2, 0) is 14.8 Å². The highest BCUT2D eigenvalue weighted by Gasteiger charge is 2.34. The summed E-state index contributed by atoms with van der Waals surface area (Å²) in [7, 11) is -1.93. The summed E-state index contributed by atoms with van der Waals surface area (Å²) in [5, 5.41) is 0. The van der Waals surface area contributed by atoms with Crippen molar-refractivity contribution in [2.75, 3.05) is 58.0 Å². The number of ether oxygens (including phenoxy) is 2. The van der Waals surface area contributed by atoms with Crippen LogP contribution in [0.2, 0.25) is 0 Å². The molecule has 3 rings (SSSR count). The van der Waals surface area contributed by atoms with E-state index in [1.165, 1.54) is 0 Å². The quantitative estimate of drug-likeness (QED) is 0.765. The van der Waals surface area contributed by atoms with E-state index >= 15 is 0 Å². The number of hydrogen-bond donors (Lipinski definition) is 0. The van der Waals surface area contributed by atoms with Crippen LogP contribution in [0.25, 0.3) is 0 Å². The van der Waals surface area contributed by atoms with Gasteiger partial charge < -0.3 is 9.47 Å². The van der Waals surface area contributed by atoms with Gasteiger partial charge in [-0.3, -0.25) is 4.90 Å². The summed E-state index contributed by atoms with van der Waals surface area (Å²) in [6.45, 7) is 4.55. The predicted octanol–water partition coefficient (Wildman–Crippen LogP) is 1.52. The third-order valence-corrected chi connectivity index (χ3v) is 7.79. The van der Waals surface area contributed by atoms with Crippen molar-refractivity contribution in [1.29, 1.82) is 0 Å². The van der Waals surface area contributed by atoms with Crippen LogP contribution in [0.15, 0.2) is 29.2 Å². The summed E-state index contributed by atoms with van der Waals surface area (Å²) in [5.74, 6) is 2.51. The lowest BCUT2D eigenvalue weighted by atomic mass is 10.2. The van der Waals surface area contributed by atoms with Gasteiger partial charge in [0.2, 0.25) is 10.0 Å². The molecule has 0 saturated carbocycles. The first-order valence-electron chi connectivity index (χ1n) is 8.65. The summed E-state index contributed by atoms with van der Waals surface area (Å²) < 4.78 is 38.7. The minimum atomic E-state index is -3.50. The first-order chi connectivity index (χ1) is 12.1. The van der Waals surface area contributed by atoms with Crippen LogP contribution in [0, 0.1) is 0 Å². The minimum absolute atomic E-state index is 0.00213. The molecule has 0 radical (unpaired) electrons. The third kappa shape index (κ3) is 4.68. The molecule has 2 saturated heterocycles. The Morgan fingerprint density at radius 1 is 1.20 bits per heavy atom.